The molecule has 0 aliphatic heterocycles. The summed E-state index contributed by atoms with van der Waals surface area (Å²) in [7, 11) is 1.63. The van der Waals surface area contributed by atoms with Crippen LogP contribution >= 0.6 is 0 Å². The molecule has 0 aromatic carbocycles. The van der Waals surface area contributed by atoms with E-state index < -0.39 is 0 Å². The fraction of sp³-hybridized carbons (Fsp3) is 0.900. The summed E-state index contributed by atoms with van der Waals surface area (Å²) in [6, 6.07) is 0. The molecule has 1 atom stereocenters. The van der Waals surface area contributed by atoms with Gasteiger partial charge < -0.3 is 15.7 Å². The maximum atomic E-state index is 10.9. The van der Waals surface area contributed by atoms with Gasteiger partial charge >= 0.3 is 0 Å². The number of amides is 1. The fourth-order valence-corrected chi connectivity index (χ4v) is 1.01. The maximum absolute atomic E-state index is 10.9. The zero-order valence-corrected chi connectivity index (χ0v) is 9.39. The minimum absolute atomic E-state index is 0.0414. The first-order chi connectivity index (χ1) is 6.58. The largest absolute Gasteiger partial charge is 0.396 e. The minimum Gasteiger partial charge on any atom is -0.396 e. The summed E-state index contributed by atoms with van der Waals surface area (Å²) in [6.45, 7) is 5.67. The molecular weight excluding hydrogens is 180 g/mol. The number of aliphatic hydroxyl groups excluding tert-OH is 1. The van der Waals surface area contributed by atoms with Crippen molar-refractivity contribution in [1.29, 1.82) is 0 Å². The van der Waals surface area contributed by atoms with Gasteiger partial charge in [0.25, 0.3) is 0 Å². The Kier molecular flexibility index (Phi) is 6.49. The molecule has 0 saturated carbocycles. The smallest absolute Gasteiger partial charge is 0.221 e. The third kappa shape index (κ3) is 5.19. The maximum Gasteiger partial charge on any atom is 0.221 e. The number of carbonyl (C=O) groups is 1. The van der Waals surface area contributed by atoms with E-state index in [0.717, 1.165) is 13.0 Å². The third-order valence-electron chi connectivity index (χ3n) is 2.59. The van der Waals surface area contributed by atoms with E-state index in [2.05, 4.69) is 17.6 Å². The zero-order chi connectivity index (χ0) is 11.0. The van der Waals surface area contributed by atoms with Crippen LogP contribution in [0, 0.1) is 5.41 Å². The van der Waals surface area contributed by atoms with E-state index in [1.807, 2.05) is 6.92 Å². The molecule has 14 heavy (non-hydrogen) atoms. The molecule has 84 valence electrons. The molecule has 0 spiro atoms. The van der Waals surface area contributed by atoms with Crippen LogP contribution in [-0.4, -0.2) is 37.8 Å². The van der Waals surface area contributed by atoms with Gasteiger partial charge in [-0.25, -0.2) is 0 Å². The summed E-state index contributed by atoms with van der Waals surface area (Å²) in [5.74, 6) is 0.0414. The van der Waals surface area contributed by atoms with E-state index in [9.17, 15) is 4.79 Å². The second-order valence-corrected chi connectivity index (χ2v) is 3.92. The lowest BCUT2D eigenvalue weighted by Crippen LogP contribution is -2.36. The van der Waals surface area contributed by atoms with Crippen LogP contribution in [0.25, 0.3) is 0 Å². The Hall–Kier alpha value is -0.610. The van der Waals surface area contributed by atoms with Crippen LogP contribution in [0.1, 0.15) is 26.7 Å². The van der Waals surface area contributed by atoms with Gasteiger partial charge in [-0.3, -0.25) is 4.79 Å². The van der Waals surface area contributed by atoms with E-state index in [4.69, 9.17) is 5.11 Å². The highest BCUT2D eigenvalue weighted by atomic mass is 16.3. The monoisotopic (exact) mass is 202 g/mol. The van der Waals surface area contributed by atoms with Crippen molar-refractivity contribution in [2.24, 2.45) is 5.41 Å². The molecule has 0 aromatic heterocycles. The average molecular weight is 202 g/mol. The normalized spacial score (nSPS) is 14.9. The number of hydrogen-bond donors (Lipinski definition) is 3. The molecule has 0 aliphatic carbocycles. The van der Waals surface area contributed by atoms with Crippen LogP contribution in [0.4, 0.5) is 0 Å². The van der Waals surface area contributed by atoms with Gasteiger partial charge in [-0.15, -0.1) is 0 Å². The molecule has 0 fully saturated rings. The van der Waals surface area contributed by atoms with Crippen LogP contribution in [0.15, 0.2) is 0 Å². The first-order valence-electron chi connectivity index (χ1n) is 5.10. The van der Waals surface area contributed by atoms with Crippen molar-refractivity contribution < 1.29 is 9.90 Å². The number of rotatable bonds is 7. The van der Waals surface area contributed by atoms with Crippen molar-refractivity contribution in [3.8, 4) is 0 Å². The Morgan fingerprint density at radius 2 is 2.14 bits per heavy atom. The van der Waals surface area contributed by atoms with Crippen LogP contribution in [0.5, 0.6) is 0 Å². The van der Waals surface area contributed by atoms with Crippen molar-refractivity contribution in [2.45, 2.75) is 26.7 Å². The van der Waals surface area contributed by atoms with E-state index in [1.54, 1.807) is 7.05 Å². The number of hydrogen-bond acceptors (Lipinski definition) is 3. The summed E-state index contributed by atoms with van der Waals surface area (Å²) in [6.07, 6.45) is 1.41. The highest BCUT2D eigenvalue weighted by Crippen LogP contribution is 2.17. The zero-order valence-electron chi connectivity index (χ0n) is 9.39. The number of aliphatic hydroxyl groups is 1. The standard InChI is InChI=1S/C10H22N2O2/c1-4-10(2,8-13)7-12-6-5-9(14)11-3/h12-13H,4-8H2,1-3H3,(H,11,14). The van der Waals surface area contributed by atoms with Crippen molar-refractivity contribution in [2.75, 3.05) is 26.7 Å². The van der Waals surface area contributed by atoms with Crippen molar-refractivity contribution in [3.63, 3.8) is 0 Å². The van der Waals surface area contributed by atoms with Gasteiger partial charge in [0, 0.05) is 38.6 Å². The Labute approximate surface area is 86.1 Å². The highest BCUT2D eigenvalue weighted by molar-refractivity contribution is 5.75. The van der Waals surface area contributed by atoms with Crippen molar-refractivity contribution >= 4 is 5.91 Å². The topological polar surface area (TPSA) is 61.4 Å². The Balaban J connectivity index is 3.57. The summed E-state index contributed by atoms with van der Waals surface area (Å²) in [5.41, 5.74) is -0.0668. The van der Waals surface area contributed by atoms with Gasteiger partial charge in [0.1, 0.15) is 0 Å². The number of nitrogens with one attached hydrogen (secondary N) is 2. The second-order valence-electron chi connectivity index (χ2n) is 3.92. The molecule has 4 heteroatoms. The Morgan fingerprint density at radius 3 is 2.57 bits per heavy atom. The second kappa shape index (κ2) is 6.79. The molecule has 0 rings (SSSR count). The lowest BCUT2D eigenvalue weighted by molar-refractivity contribution is -0.120. The van der Waals surface area contributed by atoms with Crippen LogP contribution in [0.2, 0.25) is 0 Å². The quantitative estimate of drug-likeness (QED) is 0.514. The average Bonchev–Trinajstić information content (AvgIpc) is 2.23. The molecule has 0 bridgehead atoms. The van der Waals surface area contributed by atoms with Gasteiger partial charge in [-0.05, 0) is 6.42 Å². The molecule has 0 radical (unpaired) electrons. The number of carbonyl (C=O) groups excluding carboxylic acids is 1. The van der Waals surface area contributed by atoms with Gasteiger partial charge in [0.15, 0.2) is 0 Å². The van der Waals surface area contributed by atoms with Gasteiger partial charge in [-0.1, -0.05) is 13.8 Å². The van der Waals surface area contributed by atoms with E-state index in [-0.39, 0.29) is 17.9 Å². The molecular formula is C10H22N2O2. The molecule has 1 unspecified atom stereocenters. The molecule has 1 amide bonds. The van der Waals surface area contributed by atoms with E-state index >= 15 is 0 Å². The molecule has 0 aliphatic rings. The molecule has 0 saturated heterocycles. The van der Waals surface area contributed by atoms with Crippen molar-refractivity contribution in [1.82, 2.24) is 10.6 Å². The Bertz CT molecular complexity index is 168. The third-order valence-corrected chi connectivity index (χ3v) is 2.59. The molecule has 3 N–H and O–H groups in total. The molecule has 0 aromatic rings. The van der Waals surface area contributed by atoms with Crippen LogP contribution in [0.3, 0.4) is 0 Å². The fourth-order valence-electron chi connectivity index (χ4n) is 1.01. The SMILES string of the molecule is CCC(C)(CO)CNCCC(=O)NC. The molecule has 0 heterocycles. The van der Waals surface area contributed by atoms with Crippen LogP contribution in [-0.2, 0) is 4.79 Å². The summed E-state index contributed by atoms with van der Waals surface area (Å²) >= 11 is 0. The molecule has 4 nitrogen and oxygen atoms in total. The van der Waals surface area contributed by atoms with E-state index in [1.165, 1.54) is 0 Å². The van der Waals surface area contributed by atoms with Crippen LogP contribution < -0.4 is 10.6 Å². The summed E-state index contributed by atoms with van der Waals surface area (Å²) in [5, 5.41) is 14.9. The highest BCUT2D eigenvalue weighted by Gasteiger charge is 2.19. The van der Waals surface area contributed by atoms with Gasteiger partial charge in [-0.2, -0.15) is 0 Å². The lowest BCUT2D eigenvalue weighted by Gasteiger charge is -2.25. The Morgan fingerprint density at radius 1 is 1.50 bits per heavy atom. The van der Waals surface area contributed by atoms with Crippen molar-refractivity contribution in [3.05, 3.63) is 0 Å². The predicted molar refractivity (Wildman–Crippen MR) is 57.0 cm³/mol. The predicted octanol–water partition coefficient (Wildman–Crippen LogP) is 0.121. The summed E-state index contributed by atoms with van der Waals surface area (Å²) in [4.78, 5) is 10.9. The van der Waals surface area contributed by atoms with Gasteiger partial charge in [0.2, 0.25) is 5.91 Å². The first-order valence-corrected chi connectivity index (χ1v) is 5.10. The van der Waals surface area contributed by atoms with Gasteiger partial charge in [0.05, 0.1) is 0 Å². The minimum atomic E-state index is -0.0668. The lowest BCUT2D eigenvalue weighted by atomic mass is 9.89. The summed E-state index contributed by atoms with van der Waals surface area (Å²) < 4.78 is 0. The van der Waals surface area contributed by atoms with E-state index in [0.29, 0.717) is 13.0 Å². The first kappa shape index (κ1) is 13.4.